The molecule has 0 bridgehead atoms. The van der Waals surface area contributed by atoms with Crippen molar-refractivity contribution >= 4 is 46.2 Å². The van der Waals surface area contributed by atoms with Crippen LogP contribution in [0.15, 0.2) is 85.2 Å². The maximum absolute atomic E-state index is 6.59. The van der Waals surface area contributed by atoms with E-state index in [1.165, 1.54) is 0 Å². The third-order valence-corrected chi connectivity index (χ3v) is 6.55. The predicted molar refractivity (Wildman–Crippen MR) is 137 cm³/mol. The molecule has 166 valence electrons. The van der Waals surface area contributed by atoms with E-state index in [-0.39, 0.29) is 12.1 Å². The van der Waals surface area contributed by atoms with Crippen LogP contribution in [0.2, 0.25) is 10.0 Å². The molecule has 1 N–H and O–H groups in total. The van der Waals surface area contributed by atoms with Gasteiger partial charge in [-0.1, -0.05) is 41.4 Å². The highest BCUT2D eigenvalue weighted by Gasteiger charge is 2.43. The molecule has 5 nitrogen and oxygen atoms in total. The SMILES string of the molecule is COc1ccccc1N1C(=S)N[C@@H](c2ccccn2)[C@@H]1c1cccn1-c1ccc(Cl)cc1Cl. The molecule has 8 heteroatoms. The van der Waals surface area contributed by atoms with Crippen molar-refractivity contribution in [3.05, 3.63) is 107 Å². The number of anilines is 1. The van der Waals surface area contributed by atoms with E-state index in [2.05, 4.69) is 25.8 Å². The largest absolute Gasteiger partial charge is 0.495 e. The minimum absolute atomic E-state index is 0.191. The van der Waals surface area contributed by atoms with Gasteiger partial charge in [-0.3, -0.25) is 4.98 Å². The summed E-state index contributed by atoms with van der Waals surface area (Å²) in [6.45, 7) is 0. The highest BCUT2D eigenvalue weighted by atomic mass is 35.5. The van der Waals surface area contributed by atoms with Crippen LogP contribution >= 0.6 is 35.4 Å². The fourth-order valence-corrected chi connectivity index (χ4v) is 5.11. The second-order valence-electron chi connectivity index (χ2n) is 7.57. The van der Waals surface area contributed by atoms with Crippen molar-refractivity contribution in [3.8, 4) is 11.4 Å². The Kier molecular flexibility index (Phi) is 5.98. The Hall–Kier alpha value is -3.06. The van der Waals surface area contributed by atoms with Gasteiger partial charge in [0.05, 0.1) is 35.2 Å². The van der Waals surface area contributed by atoms with Gasteiger partial charge in [0.2, 0.25) is 0 Å². The summed E-state index contributed by atoms with van der Waals surface area (Å²) >= 11 is 18.6. The molecule has 33 heavy (non-hydrogen) atoms. The summed E-state index contributed by atoms with van der Waals surface area (Å²) in [5.74, 6) is 0.732. The van der Waals surface area contributed by atoms with Gasteiger partial charge in [-0.15, -0.1) is 0 Å². The van der Waals surface area contributed by atoms with Crippen molar-refractivity contribution in [2.75, 3.05) is 12.0 Å². The number of methoxy groups -OCH3 is 1. The minimum atomic E-state index is -0.217. The first kappa shape index (κ1) is 21.8. The van der Waals surface area contributed by atoms with Crippen LogP contribution in [0.5, 0.6) is 5.75 Å². The van der Waals surface area contributed by atoms with Gasteiger partial charge in [0.25, 0.3) is 0 Å². The number of hydrogen-bond acceptors (Lipinski definition) is 3. The number of halogens is 2. The Morgan fingerprint density at radius 1 is 0.970 bits per heavy atom. The molecule has 2 atom stereocenters. The zero-order valence-corrected chi connectivity index (χ0v) is 20.0. The van der Waals surface area contributed by atoms with E-state index in [1.54, 1.807) is 19.4 Å². The average molecular weight is 495 g/mol. The quantitative estimate of drug-likeness (QED) is 0.326. The molecule has 0 spiro atoms. The first-order valence-corrected chi connectivity index (χ1v) is 11.5. The van der Waals surface area contributed by atoms with Crippen LogP contribution in [0, 0.1) is 0 Å². The number of ether oxygens (including phenoxy) is 1. The van der Waals surface area contributed by atoms with Crippen LogP contribution < -0.4 is 15.0 Å². The molecule has 0 saturated carbocycles. The standard InChI is InChI=1S/C25H20Cl2N4OS/c1-32-22-10-3-2-8-20(22)31-24(23(29-25(31)33)18-7-4-5-13-28-18)21-9-6-14-30(21)19-12-11-16(26)15-17(19)27/h2-15,23-24H,1H3,(H,29,33)/t23-,24-/m0/s1. The van der Waals surface area contributed by atoms with Gasteiger partial charge < -0.3 is 19.5 Å². The third-order valence-electron chi connectivity index (χ3n) is 5.70. The van der Waals surface area contributed by atoms with Gasteiger partial charge in [-0.25, -0.2) is 0 Å². The van der Waals surface area contributed by atoms with Gasteiger partial charge in [0, 0.05) is 23.1 Å². The molecule has 3 heterocycles. The van der Waals surface area contributed by atoms with Crippen molar-refractivity contribution in [2.24, 2.45) is 0 Å². The Labute approximate surface area is 207 Å². The number of nitrogens with zero attached hydrogens (tertiary/aromatic N) is 3. The molecular weight excluding hydrogens is 475 g/mol. The molecule has 0 unspecified atom stereocenters. The maximum atomic E-state index is 6.59. The number of pyridine rings is 1. The monoisotopic (exact) mass is 494 g/mol. The van der Waals surface area contributed by atoms with E-state index >= 15 is 0 Å². The number of rotatable bonds is 5. The molecule has 1 saturated heterocycles. The first-order chi connectivity index (χ1) is 16.1. The molecule has 0 amide bonds. The lowest BCUT2D eigenvalue weighted by Crippen LogP contribution is -2.30. The number of thiocarbonyl (C=S) groups is 1. The smallest absolute Gasteiger partial charge is 0.174 e. The molecule has 2 aromatic heterocycles. The normalized spacial score (nSPS) is 17.8. The fraction of sp³-hybridized carbons (Fsp3) is 0.120. The molecule has 1 aliphatic heterocycles. The van der Waals surface area contributed by atoms with E-state index in [0.29, 0.717) is 15.2 Å². The highest BCUT2D eigenvalue weighted by molar-refractivity contribution is 7.80. The van der Waals surface area contributed by atoms with Crippen LogP contribution in [-0.4, -0.2) is 21.8 Å². The Bertz CT molecular complexity index is 1310. The van der Waals surface area contributed by atoms with Gasteiger partial charge in [-0.2, -0.15) is 0 Å². The zero-order chi connectivity index (χ0) is 22.9. The molecule has 0 aliphatic carbocycles. The summed E-state index contributed by atoms with van der Waals surface area (Å²) in [7, 11) is 1.66. The van der Waals surface area contributed by atoms with Gasteiger partial charge in [-0.05, 0) is 66.8 Å². The lowest BCUT2D eigenvalue weighted by molar-refractivity contribution is 0.414. The molecule has 5 rings (SSSR count). The average Bonchev–Trinajstić information content (AvgIpc) is 3.43. The van der Waals surface area contributed by atoms with E-state index in [4.69, 9.17) is 40.2 Å². The van der Waals surface area contributed by atoms with Crippen molar-refractivity contribution in [1.29, 1.82) is 0 Å². The first-order valence-electron chi connectivity index (χ1n) is 10.3. The lowest BCUT2D eigenvalue weighted by Gasteiger charge is -2.30. The summed E-state index contributed by atoms with van der Waals surface area (Å²) in [4.78, 5) is 6.71. The van der Waals surface area contributed by atoms with E-state index < -0.39 is 0 Å². The molecule has 1 fully saturated rings. The molecular formula is C25H20Cl2N4OS. The Morgan fingerprint density at radius 3 is 2.55 bits per heavy atom. The summed E-state index contributed by atoms with van der Waals surface area (Å²) in [6.07, 6.45) is 3.78. The van der Waals surface area contributed by atoms with Crippen LogP contribution in [0.1, 0.15) is 23.5 Å². The Balaban J connectivity index is 1.70. The lowest BCUT2D eigenvalue weighted by atomic mass is 10.0. The summed E-state index contributed by atoms with van der Waals surface area (Å²) < 4.78 is 7.74. The van der Waals surface area contributed by atoms with Gasteiger partial charge >= 0.3 is 0 Å². The Morgan fingerprint density at radius 2 is 1.79 bits per heavy atom. The number of nitrogens with one attached hydrogen (secondary N) is 1. The van der Waals surface area contributed by atoms with E-state index in [1.807, 2.05) is 66.9 Å². The van der Waals surface area contributed by atoms with Crippen molar-refractivity contribution in [3.63, 3.8) is 0 Å². The zero-order valence-electron chi connectivity index (χ0n) is 17.7. The summed E-state index contributed by atoms with van der Waals surface area (Å²) in [5, 5.41) is 5.22. The second-order valence-corrected chi connectivity index (χ2v) is 8.80. The summed E-state index contributed by atoms with van der Waals surface area (Å²) in [5.41, 5.74) is 3.58. The topological polar surface area (TPSA) is 42.3 Å². The van der Waals surface area contributed by atoms with Crippen LogP contribution in [0.3, 0.4) is 0 Å². The number of benzene rings is 2. The van der Waals surface area contributed by atoms with Crippen molar-refractivity contribution in [1.82, 2.24) is 14.9 Å². The number of aromatic nitrogens is 2. The number of para-hydroxylation sites is 2. The van der Waals surface area contributed by atoms with E-state index in [9.17, 15) is 0 Å². The minimum Gasteiger partial charge on any atom is -0.495 e. The molecule has 4 aromatic rings. The highest BCUT2D eigenvalue weighted by Crippen LogP contribution is 2.45. The predicted octanol–water partition coefficient (Wildman–Crippen LogP) is 6.36. The van der Waals surface area contributed by atoms with Gasteiger partial charge in [0.15, 0.2) is 5.11 Å². The molecule has 2 aromatic carbocycles. The molecule has 0 radical (unpaired) electrons. The van der Waals surface area contributed by atoms with Crippen LogP contribution in [-0.2, 0) is 0 Å². The maximum Gasteiger partial charge on any atom is 0.174 e. The fourth-order valence-electron chi connectivity index (χ4n) is 4.27. The third kappa shape index (κ3) is 3.95. The van der Waals surface area contributed by atoms with Crippen LogP contribution in [0.4, 0.5) is 5.69 Å². The van der Waals surface area contributed by atoms with Crippen LogP contribution in [0.25, 0.3) is 5.69 Å². The summed E-state index contributed by atoms with van der Waals surface area (Å²) in [6, 6.07) is 22.9. The van der Waals surface area contributed by atoms with E-state index in [0.717, 1.165) is 28.5 Å². The molecule has 1 aliphatic rings. The number of hydrogen-bond donors (Lipinski definition) is 1. The van der Waals surface area contributed by atoms with Crippen molar-refractivity contribution in [2.45, 2.75) is 12.1 Å². The second kappa shape index (κ2) is 9.06. The van der Waals surface area contributed by atoms with Gasteiger partial charge in [0.1, 0.15) is 11.8 Å². The van der Waals surface area contributed by atoms with Crippen molar-refractivity contribution < 1.29 is 4.74 Å².